The molecule has 0 unspecified atom stereocenters. The summed E-state index contributed by atoms with van der Waals surface area (Å²) >= 11 is 0. The molecule has 0 aliphatic carbocycles. The zero-order valence-electron chi connectivity index (χ0n) is 19.2. The lowest BCUT2D eigenvalue weighted by Crippen LogP contribution is -2.17. The van der Waals surface area contributed by atoms with Gasteiger partial charge in [-0.15, -0.1) is 10.2 Å². The number of hydrazone groups is 1. The average Bonchev–Trinajstić information content (AvgIpc) is 3.39. The number of aromatic hydroxyl groups is 1. The van der Waals surface area contributed by atoms with E-state index < -0.39 is 5.91 Å². The molecule has 0 bridgehead atoms. The maximum Gasteiger partial charge on any atom is 0.271 e. The summed E-state index contributed by atoms with van der Waals surface area (Å²) in [5, 5.41) is 22.0. The van der Waals surface area contributed by atoms with E-state index in [-0.39, 0.29) is 17.5 Å². The molecule has 1 heterocycles. The number of amides is 1. The summed E-state index contributed by atoms with van der Waals surface area (Å²) in [4.78, 5) is 12.4. The van der Waals surface area contributed by atoms with Gasteiger partial charge in [0.25, 0.3) is 11.8 Å². The van der Waals surface area contributed by atoms with Crippen LogP contribution in [0.15, 0.2) is 70.2 Å². The van der Waals surface area contributed by atoms with E-state index in [1.807, 2.05) is 0 Å². The van der Waals surface area contributed by atoms with Crippen LogP contribution in [-0.2, 0) is 0 Å². The molecule has 10 nitrogen and oxygen atoms in total. The lowest BCUT2D eigenvalue weighted by molar-refractivity contribution is 0.0955. The third-order valence-electron chi connectivity index (χ3n) is 5.06. The number of hydrogen-bond donors (Lipinski definition) is 2. The van der Waals surface area contributed by atoms with Crippen LogP contribution in [0.25, 0.3) is 22.9 Å². The highest BCUT2D eigenvalue weighted by Crippen LogP contribution is 2.33. The molecule has 178 valence electrons. The number of phenols is 1. The Morgan fingerprint density at radius 2 is 1.60 bits per heavy atom. The van der Waals surface area contributed by atoms with Crippen molar-refractivity contribution in [2.45, 2.75) is 0 Å². The van der Waals surface area contributed by atoms with Crippen LogP contribution in [0.3, 0.4) is 0 Å². The van der Waals surface area contributed by atoms with Crippen LogP contribution in [0.5, 0.6) is 23.0 Å². The monoisotopic (exact) mass is 474 g/mol. The van der Waals surface area contributed by atoms with Crippen LogP contribution < -0.4 is 19.6 Å². The second-order valence-electron chi connectivity index (χ2n) is 7.18. The van der Waals surface area contributed by atoms with Gasteiger partial charge in [0.1, 0.15) is 23.0 Å². The van der Waals surface area contributed by atoms with E-state index in [0.29, 0.717) is 39.5 Å². The van der Waals surface area contributed by atoms with Gasteiger partial charge in [-0.1, -0.05) is 0 Å². The first-order valence-electron chi connectivity index (χ1n) is 10.4. The van der Waals surface area contributed by atoms with Crippen molar-refractivity contribution in [1.29, 1.82) is 0 Å². The molecule has 3 aromatic carbocycles. The van der Waals surface area contributed by atoms with E-state index in [1.54, 1.807) is 68.8 Å². The quantitative estimate of drug-likeness (QED) is 0.291. The number of methoxy groups -OCH3 is 3. The number of carbonyl (C=O) groups excluding carboxylic acids is 1. The van der Waals surface area contributed by atoms with Crippen molar-refractivity contribution in [2.75, 3.05) is 21.3 Å². The zero-order valence-corrected chi connectivity index (χ0v) is 19.2. The number of ether oxygens (including phenoxy) is 3. The predicted octanol–water partition coefficient (Wildman–Crippen LogP) is 3.90. The third-order valence-corrected chi connectivity index (χ3v) is 5.06. The fraction of sp³-hybridized carbons (Fsp3) is 0.120. The number of aromatic nitrogens is 2. The van der Waals surface area contributed by atoms with Gasteiger partial charge in [0, 0.05) is 22.8 Å². The van der Waals surface area contributed by atoms with Gasteiger partial charge < -0.3 is 23.7 Å². The number of hydrogen-bond acceptors (Lipinski definition) is 9. The van der Waals surface area contributed by atoms with Gasteiger partial charge in [-0.05, 0) is 54.6 Å². The molecule has 1 amide bonds. The average molecular weight is 474 g/mol. The van der Waals surface area contributed by atoms with E-state index >= 15 is 0 Å². The van der Waals surface area contributed by atoms with Crippen LogP contribution in [0.4, 0.5) is 0 Å². The Balaban J connectivity index is 1.45. The van der Waals surface area contributed by atoms with E-state index in [4.69, 9.17) is 18.6 Å². The van der Waals surface area contributed by atoms with Gasteiger partial charge in [-0.25, -0.2) is 5.43 Å². The van der Waals surface area contributed by atoms with Crippen LogP contribution in [-0.4, -0.2) is 48.8 Å². The maximum atomic E-state index is 12.4. The van der Waals surface area contributed by atoms with E-state index in [0.717, 1.165) is 0 Å². The number of nitrogens with one attached hydrogen (secondary N) is 1. The molecule has 0 saturated carbocycles. The first-order valence-corrected chi connectivity index (χ1v) is 10.4. The molecule has 0 aliphatic heterocycles. The fourth-order valence-electron chi connectivity index (χ4n) is 3.18. The number of carbonyl (C=O) groups is 1. The van der Waals surface area contributed by atoms with Crippen molar-refractivity contribution in [3.05, 3.63) is 71.8 Å². The molecule has 0 saturated heterocycles. The van der Waals surface area contributed by atoms with Crippen molar-refractivity contribution in [3.8, 4) is 45.9 Å². The Morgan fingerprint density at radius 1 is 0.914 bits per heavy atom. The molecular weight excluding hydrogens is 452 g/mol. The lowest BCUT2D eigenvalue weighted by atomic mass is 10.1. The molecular formula is C25H22N4O6. The SMILES string of the molecule is COc1ccc(O)c(/C=N/NC(=O)c2ccc(-c3nnc(-c4ccc(OC)cc4OC)o3)cc2)c1. The molecule has 0 fully saturated rings. The van der Waals surface area contributed by atoms with Crippen molar-refractivity contribution in [3.63, 3.8) is 0 Å². The van der Waals surface area contributed by atoms with Gasteiger partial charge in [-0.2, -0.15) is 5.10 Å². The number of phenolic OH excluding ortho intramolecular Hbond substituents is 1. The first kappa shape index (κ1) is 23.3. The highest BCUT2D eigenvalue weighted by atomic mass is 16.5. The highest BCUT2D eigenvalue weighted by molar-refractivity contribution is 5.95. The summed E-state index contributed by atoms with van der Waals surface area (Å²) in [7, 11) is 4.63. The van der Waals surface area contributed by atoms with E-state index in [1.165, 1.54) is 19.4 Å². The smallest absolute Gasteiger partial charge is 0.271 e. The van der Waals surface area contributed by atoms with Crippen LogP contribution in [0, 0.1) is 0 Å². The standard InChI is InChI=1S/C25H22N4O6/c1-32-18-9-11-21(30)17(12-18)14-26-27-23(31)15-4-6-16(7-5-15)24-28-29-25(35-24)20-10-8-19(33-2)13-22(20)34-3/h4-14,30H,1-3H3,(H,27,31)/b26-14+. The van der Waals surface area contributed by atoms with E-state index in [9.17, 15) is 9.90 Å². The van der Waals surface area contributed by atoms with Crippen molar-refractivity contribution in [1.82, 2.24) is 15.6 Å². The fourth-order valence-corrected chi connectivity index (χ4v) is 3.18. The summed E-state index contributed by atoms with van der Waals surface area (Å²) < 4.78 is 21.5. The van der Waals surface area contributed by atoms with Gasteiger partial charge in [0.15, 0.2) is 0 Å². The summed E-state index contributed by atoms with van der Waals surface area (Å²) in [5.74, 6) is 1.90. The van der Waals surface area contributed by atoms with Gasteiger partial charge in [0.2, 0.25) is 5.89 Å². The molecule has 4 aromatic rings. The summed E-state index contributed by atoms with van der Waals surface area (Å²) in [6, 6.07) is 16.6. The molecule has 0 atom stereocenters. The molecule has 0 radical (unpaired) electrons. The third kappa shape index (κ3) is 5.22. The highest BCUT2D eigenvalue weighted by Gasteiger charge is 2.16. The minimum Gasteiger partial charge on any atom is -0.507 e. The summed E-state index contributed by atoms with van der Waals surface area (Å²) in [6.07, 6.45) is 1.33. The molecule has 0 aliphatic rings. The largest absolute Gasteiger partial charge is 0.507 e. The number of benzene rings is 3. The summed E-state index contributed by atoms with van der Waals surface area (Å²) in [5.41, 5.74) is 4.46. The Labute approximate surface area is 200 Å². The van der Waals surface area contributed by atoms with Crippen molar-refractivity contribution < 1.29 is 28.5 Å². The predicted molar refractivity (Wildman–Crippen MR) is 128 cm³/mol. The molecule has 2 N–H and O–H groups in total. The topological polar surface area (TPSA) is 128 Å². The van der Waals surface area contributed by atoms with E-state index in [2.05, 4.69) is 20.7 Å². The van der Waals surface area contributed by atoms with Crippen LogP contribution in [0.2, 0.25) is 0 Å². The Bertz CT molecular complexity index is 1360. The van der Waals surface area contributed by atoms with Crippen molar-refractivity contribution in [2.24, 2.45) is 5.10 Å². The lowest BCUT2D eigenvalue weighted by Gasteiger charge is -2.07. The molecule has 10 heteroatoms. The second kappa shape index (κ2) is 10.4. The normalized spacial score (nSPS) is 10.8. The zero-order chi connectivity index (χ0) is 24.8. The number of nitrogens with zero attached hydrogens (tertiary/aromatic N) is 3. The molecule has 4 rings (SSSR count). The maximum absolute atomic E-state index is 12.4. The molecule has 1 aromatic heterocycles. The molecule has 35 heavy (non-hydrogen) atoms. The van der Waals surface area contributed by atoms with Gasteiger partial charge >= 0.3 is 0 Å². The number of rotatable bonds is 8. The summed E-state index contributed by atoms with van der Waals surface area (Å²) in [6.45, 7) is 0. The Kier molecular flexibility index (Phi) is 6.91. The van der Waals surface area contributed by atoms with Crippen LogP contribution >= 0.6 is 0 Å². The van der Waals surface area contributed by atoms with Crippen molar-refractivity contribution >= 4 is 12.1 Å². The Hall–Kier alpha value is -4.86. The van der Waals surface area contributed by atoms with Crippen LogP contribution in [0.1, 0.15) is 15.9 Å². The second-order valence-corrected chi connectivity index (χ2v) is 7.18. The Morgan fingerprint density at radius 3 is 2.31 bits per heavy atom. The van der Waals surface area contributed by atoms with Gasteiger partial charge in [0.05, 0.1) is 33.1 Å². The first-order chi connectivity index (χ1) is 17.0. The minimum atomic E-state index is -0.427. The molecule has 0 spiro atoms. The van der Waals surface area contributed by atoms with Gasteiger partial charge in [-0.3, -0.25) is 4.79 Å². The minimum absolute atomic E-state index is 0.0133.